The minimum Gasteiger partial charge on any atom is -0.467 e. The third kappa shape index (κ3) is 21.5. The third-order valence-electron chi connectivity index (χ3n) is 13.8. The quantitative estimate of drug-likeness (QED) is 0.0258. The van der Waals surface area contributed by atoms with Crippen LogP contribution in [0.4, 0.5) is 0 Å². The van der Waals surface area contributed by atoms with Crippen LogP contribution in [-0.2, 0) is 51.1 Å². The highest BCUT2D eigenvalue weighted by molar-refractivity contribution is 14.1. The van der Waals surface area contributed by atoms with Gasteiger partial charge in [-0.3, -0.25) is 28.8 Å². The number of methoxy groups -OCH3 is 2. The Balaban J connectivity index is 0.000000420. The van der Waals surface area contributed by atoms with E-state index in [1.165, 1.54) is 14.2 Å². The number of amides is 6. The van der Waals surface area contributed by atoms with Crippen LogP contribution in [0.2, 0.25) is 0 Å². The molecule has 0 saturated heterocycles. The molecule has 4 aromatic rings. The molecule has 0 fully saturated rings. The summed E-state index contributed by atoms with van der Waals surface area (Å²) < 4.78 is 11.8. The summed E-state index contributed by atoms with van der Waals surface area (Å²) in [4.78, 5) is 105. The maximum atomic E-state index is 13.7. The van der Waals surface area contributed by atoms with Crippen LogP contribution in [0.3, 0.4) is 0 Å². The number of carbonyl (C=O) groups excluding carboxylic acids is 8. The average Bonchev–Trinajstić information content (AvgIpc) is 3.40. The summed E-state index contributed by atoms with van der Waals surface area (Å²) >= 11 is 4.33. The van der Waals surface area contributed by atoms with Crippen LogP contribution in [0.1, 0.15) is 128 Å². The van der Waals surface area contributed by atoms with Gasteiger partial charge in [0, 0.05) is 30.4 Å². The van der Waals surface area contributed by atoms with Crippen molar-refractivity contribution < 1.29 is 47.8 Å². The molecule has 0 bridgehead atoms. The molecule has 0 aliphatic rings. The van der Waals surface area contributed by atoms with Gasteiger partial charge < -0.3 is 41.4 Å². The molecule has 0 saturated carbocycles. The molecule has 18 heteroatoms. The second-order valence-electron chi connectivity index (χ2n) is 22.7. The molecule has 0 spiro atoms. The van der Waals surface area contributed by atoms with Crippen LogP contribution < -0.4 is 31.9 Å². The predicted octanol–water partition coefficient (Wildman–Crippen LogP) is 9.01. The Bertz CT molecular complexity index is 2480. The van der Waals surface area contributed by atoms with E-state index in [1.54, 1.807) is 52.0 Å². The number of benzene rings is 4. The number of nitrogens with one attached hydrogen (secondary N) is 6. The zero-order valence-corrected chi connectivity index (χ0v) is 53.1. The summed E-state index contributed by atoms with van der Waals surface area (Å²) in [5, 5.41) is 17.6. The first-order valence-electron chi connectivity index (χ1n) is 27.1. The average molecular weight is 1330 g/mol. The van der Waals surface area contributed by atoms with E-state index in [1.807, 2.05) is 140 Å². The van der Waals surface area contributed by atoms with E-state index >= 15 is 0 Å². The zero-order chi connectivity index (χ0) is 60.1. The molecule has 0 aliphatic carbocycles. The number of halogens is 2. The lowest BCUT2D eigenvalue weighted by Gasteiger charge is -2.36. The number of hydrogen-bond donors (Lipinski definition) is 6. The summed E-state index contributed by atoms with van der Waals surface area (Å²) in [7, 11) is 2.59. The molecule has 6 atom stereocenters. The third-order valence-corrected chi connectivity index (χ3v) is 15.2. The van der Waals surface area contributed by atoms with Crippen molar-refractivity contribution in [1.82, 2.24) is 31.9 Å². The fourth-order valence-electron chi connectivity index (χ4n) is 8.58. The van der Waals surface area contributed by atoms with E-state index in [9.17, 15) is 38.4 Å². The van der Waals surface area contributed by atoms with Gasteiger partial charge in [0.05, 0.1) is 25.0 Å². The second kappa shape index (κ2) is 32.5. The molecule has 0 aliphatic heterocycles. The number of ether oxygens (including phenoxy) is 2. The lowest BCUT2D eigenvalue weighted by Crippen LogP contribution is -2.59. The Morgan fingerprint density at radius 1 is 0.438 bits per heavy atom. The van der Waals surface area contributed by atoms with Gasteiger partial charge in [0.2, 0.25) is 23.6 Å². The molecular formula is C62H84I2N6O10. The largest absolute Gasteiger partial charge is 0.467 e. The fraction of sp³-hybridized carbons (Fsp3) is 0.484. The van der Waals surface area contributed by atoms with Crippen molar-refractivity contribution >= 4 is 92.6 Å². The Hall–Kier alpha value is -5.90. The van der Waals surface area contributed by atoms with Gasteiger partial charge in [-0.05, 0) is 182 Å². The maximum Gasteiger partial charge on any atom is 0.328 e. The SMILES string of the molecule is COC(=O)[C@H](CC(C)C)NC(=O)C(C)(C)[C@@H](Cc1ccccc1)NC(=O)[C@@H](NC(=O)c1ccc(I)cc1)C(C)C.COC(=O)[C@H](CC(C)C)NC(=O)C(C)(C)[C@@H](Cc1ccccc1)NC(=O)[C@@H](NC(=O)c1ccc(I)cc1)C(C)C. The summed E-state index contributed by atoms with van der Waals surface area (Å²) in [5.41, 5.74) is 0.554. The Morgan fingerprint density at radius 2 is 0.738 bits per heavy atom. The fourth-order valence-corrected chi connectivity index (χ4v) is 9.30. The van der Waals surface area contributed by atoms with E-state index < -0.39 is 59.0 Å². The van der Waals surface area contributed by atoms with Crippen LogP contribution in [0.25, 0.3) is 0 Å². The highest BCUT2D eigenvalue weighted by Gasteiger charge is 2.43. The smallest absolute Gasteiger partial charge is 0.328 e. The number of rotatable bonds is 26. The van der Waals surface area contributed by atoms with E-state index in [4.69, 9.17) is 9.47 Å². The Morgan fingerprint density at radius 3 is 1.00 bits per heavy atom. The number of carbonyl (C=O) groups is 8. The van der Waals surface area contributed by atoms with Crippen molar-refractivity contribution in [3.05, 3.63) is 139 Å². The van der Waals surface area contributed by atoms with Crippen LogP contribution in [0.5, 0.6) is 0 Å². The highest BCUT2D eigenvalue weighted by Crippen LogP contribution is 2.28. The summed E-state index contributed by atoms with van der Waals surface area (Å²) in [5.74, 6) is -3.39. The lowest BCUT2D eigenvalue weighted by atomic mass is 9.79. The van der Waals surface area contributed by atoms with Gasteiger partial charge in [-0.1, -0.05) is 116 Å². The normalized spacial score (nSPS) is 13.8. The molecule has 0 heterocycles. The molecule has 6 N–H and O–H groups in total. The predicted molar refractivity (Wildman–Crippen MR) is 329 cm³/mol. The summed E-state index contributed by atoms with van der Waals surface area (Å²) in [6, 6.07) is 28.8. The number of hydrogen-bond acceptors (Lipinski definition) is 10. The minimum atomic E-state index is -1.11. The van der Waals surface area contributed by atoms with Crippen molar-refractivity contribution in [3.8, 4) is 0 Å². The maximum absolute atomic E-state index is 13.7. The van der Waals surface area contributed by atoms with Gasteiger partial charge >= 0.3 is 11.9 Å². The van der Waals surface area contributed by atoms with E-state index in [-0.39, 0.29) is 59.1 Å². The standard InChI is InChI=1S/2C31H42IN3O5/c2*1-19(2)17-24(29(38)40-7)33-30(39)31(5,6)25(18-21-11-9-8-10-12-21)34-28(37)26(20(3)4)35-27(36)22-13-15-23(32)16-14-22/h2*8-16,19-20,24-26H,17-18H2,1-7H3,(H,33,39)(H,34,37)(H,35,36)/t2*24-,25+,26-/m00/s1. The van der Waals surface area contributed by atoms with Crippen molar-refractivity contribution in [2.24, 2.45) is 34.5 Å². The minimum absolute atomic E-state index is 0.149. The zero-order valence-electron chi connectivity index (χ0n) is 48.8. The first kappa shape index (κ1) is 68.4. The van der Waals surface area contributed by atoms with Crippen molar-refractivity contribution in [2.45, 2.75) is 145 Å². The van der Waals surface area contributed by atoms with Gasteiger partial charge in [-0.2, -0.15) is 0 Å². The van der Waals surface area contributed by atoms with Crippen LogP contribution in [-0.4, -0.2) is 97.9 Å². The summed E-state index contributed by atoms with van der Waals surface area (Å²) in [6.07, 6.45) is 1.58. The van der Waals surface area contributed by atoms with E-state index in [0.29, 0.717) is 36.8 Å². The monoisotopic (exact) mass is 1330 g/mol. The molecule has 0 radical (unpaired) electrons. The van der Waals surface area contributed by atoms with Crippen molar-refractivity contribution in [3.63, 3.8) is 0 Å². The Kier molecular flexibility index (Phi) is 27.8. The van der Waals surface area contributed by atoms with Gasteiger partial charge in [-0.25, -0.2) is 9.59 Å². The molecule has 4 rings (SSSR count). The molecule has 0 unspecified atom stereocenters. The molecule has 16 nitrogen and oxygen atoms in total. The first-order chi connectivity index (χ1) is 37.5. The molecule has 436 valence electrons. The van der Waals surface area contributed by atoms with Crippen molar-refractivity contribution in [2.75, 3.05) is 14.2 Å². The summed E-state index contributed by atoms with van der Waals surface area (Å²) in [6.45, 7) is 22.2. The number of esters is 2. The molecule has 6 amide bonds. The first-order valence-corrected chi connectivity index (χ1v) is 29.3. The van der Waals surface area contributed by atoms with Crippen LogP contribution >= 0.6 is 45.2 Å². The van der Waals surface area contributed by atoms with Gasteiger partial charge in [0.25, 0.3) is 11.8 Å². The van der Waals surface area contributed by atoms with Gasteiger partial charge in [0.1, 0.15) is 24.2 Å². The topological polar surface area (TPSA) is 227 Å². The van der Waals surface area contributed by atoms with Crippen molar-refractivity contribution in [1.29, 1.82) is 0 Å². The van der Waals surface area contributed by atoms with E-state index in [2.05, 4.69) is 77.1 Å². The molecular weight excluding hydrogens is 1240 g/mol. The lowest BCUT2D eigenvalue weighted by molar-refractivity contribution is -0.147. The van der Waals surface area contributed by atoms with Crippen LogP contribution in [0, 0.1) is 41.6 Å². The molecule has 0 aromatic heterocycles. The van der Waals surface area contributed by atoms with E-state index in [0.717, 1.165) is 18.3 Å². The van der Waals surface area contributed by atoms with Gasteiger partial charge in [0.15, 0.2) is 0 Å². The molecule has 80 heavy (non-hydrogen) atoms. The second-order valence-corrected chi connectivity index (χ2v) is 25.2. The van der Waals surface area contributed by atoms with Crippen LogP contribution in [0.15, 0.2) is 109 Å². The highest BCUT2D eigenvalue weighted by atomic mass is 127. The molecule has 4 aromatic carbocycles. The Labute approximate surface area is 501 Å². The van der Waals surface area contributed by atoms with Gasteiger partial charge in [-0.15, -0.1) is 0 Å².